The summed E-state index contributed by atoms with van der Waals surface area (Å²) in [4.78, 5) is 0. The maximum Gasteiger partial charge on any atom is 0.105 e. The highest BCUT2D eigenvalue weighted by atomic mass is 32.1. The third kappa shape index (κ3) is 2.07. The zero-order valence-electron chi connectivity index (χ0n) is 7.92. The van der Waals surface area contributed by atoms with Crippen molar-refractivity contribution in [3.8, 4) is 6.07 Å². The fourth-order valence-corrected chi connectivity index (χ4v) is 2.04. The average Bonchev–Trinajstić information content (AvgIpc) is 2.82. The molecule has 1 heterocycles. The van der Waals surface area contributed by atoms with Crippen molar-refractivity contribution >= 4 is 11.3 Å². The highest BCUT2D eigenvalue weighted by Crippen LogP contribution is 2.23. The molecule has 0 spiro atoms. The van der Waals surface area contributed by atoms with Crippen LogP contribution in [0.25, 0.3) is 0 Å². The van der Waals surface area contributed by atoms with E-state index in [-0.39, 0.29) is 0 Å². The summed E-state index contributed by atoms with van der Waals surface area (Å²) in [7, 11) is 0. The largest absolute Gasteiger partial charge is 0.384 e. The van der Waals surface area contributed by atoms with Gasteiger partial charge in [-0.3, -0.25) is 0 Å². The van der Waals surface area contributed by atoms with E-state index in [9.17, 15) is 5.11 Å². The molecule has 1 N–H and O–H groups in total. The van der Waals surface area contributed by atoms with Crippen molar-refractivity contribution in [2.45, 2.75) is 6.10 Å². The number of aliphatic hydroxyl groups is 1. The molecule has 0 fully saturated rings. The fourth-order valence-electron chi connectivity index (χ4n) is 1.36. The van der Waals surface area contributed by atoms with Crippen LogP contribution in [0.15, 0.2) is 41.1 Å². The van der Waals surface area contributed by atoms with Gasteiger partial charge in [0.1, 0.15) is 6.10 Å². The first kappa shape index (κ1) is 9.91. The lowest BCUT2D eigenvalue weighted by atomic mass is 10.0. The van der Waals surface area contributed by atoms with Gasteiger partial charge in [-0.25, -0.2) is 0 Å². The predicted molar refractivity (Wildman–Crippen MR) is 59.5 cm³/mol. The Morgan fingerprint density at radius 3 is 2.40 bits per heavy atom. The van der Waals surface area contributed by atoms with E-state index in [2.05, 4.69) is 0 Å². The Balaban J connectivity index is 2.27. The van der Waals surface area contributed by atoms with Crippen LogP contribution in [0.5, 0.6) is 0 Å². The number of benzene rings is 1. The van der Waals surface area contributed by atoms with Crippen LogP contribution in [0.4, 0.5) is 0 Å². The minimum absolute atomic E-state index is 0.594. The molecule has 15 heavy (non-hydrogen) atoms. The maximum atomic E-state index is 9.97. The van der Waals surface area contributed by atoms with Crippen molar-refractivity contribution < 1.29 is 5.11 Å². The number of rotatable bonds is 2. The van der Waals surface area contributed by atoms with E-state index in [0.29, 0.717) is 5.56 Å². The first-order valence-electron chi connectivity index (χ1n) is 4.51. The Kier molecular flexibility index (Phi) is 2.82. The van der Waals surface area contributed by atoms with Gasteiger partial charge in [0.05, 0.1) is 11.6 Å². The van der Waals surface area contributed by atoms with Crippen molar-refractivity contribution in [2.24, 2.45) is 0 Å². The predicted octanol–water partition coefficient (Wildman–Crippen LogP) is 2.70. The van der Waals surface area contributed by atoms with Crippen molar-refractivity contribution in [3.05, 3.63) is 57.8 Å². The molecule has 0 aliphatic carbocycles. The molecule has 1 unspecified atom stereocenters. The molecule has 1 aromatic carbocycles. The van der Waals surface area contributed by atoms with Crippen LogP contribution in [0, 0.1) is 11.3 Å². The normalized spacial score (nSPS) is 12.0. The van der Waals surface area contributed by atoms with E-state index in [4.69, 9.17) is 5.26 Å². The van der Waals surface area contributed by atoms with Crippen LogP contribution in [-0.4, -0.2) is 5.11 Å². The average molecular weight is 215 g/mol. The van der Waals surface area contributed by atoms with E-state index < -0.39 is 6.10 Å². The molecular formula is C12H9NOS. The number of nitriles is 1. The summed E-state index contributed by atoms with van der Waals surface area (Å²) in [5, 5.41) is 22.5. The quantitative estimate of drug-likeness (QED) is 0.837. The minimum atomic E-state index is -0.594. The zero-order chi connectivity index (χ0) is 10.7. The van der Waals surface area contributed by atoms with Crippen LogP contribution in [-0.2, 0) is 0 Å². The highest BCUT2D eigenvalue weighted by Gasteiger charge is 2.09. The van der Waals surface area contributed by atoms with Crippen molar-refractivity contribution in [1.29, 1.82) is 5.26 Å². The Labute approximate surface area is 92.0 Å². The van der Waals surface area contributed by atoms with Gasteiger partial charge in [0.15, 0.2) is 0 Å². The second kappa shape index (κ2) is 4.26. The topological polar surface area (TPSA) is 44.0 Å². The van der Waals surface area contributed by atoms with Gasteiger partial charge in [0, 0.05) is 0 Å². The van der Waals surface area contributed by atoms with Crippen molar-refractivity contribution in [1.82, 2.24) is 0 Å². The van der Waals surface area contributed by atoms with E-state index in [1.807, 2.05) is 22.9 Å². The molecule has 0 aliphatic heterocycles. The smallest absolute Gasteiger partial charge is 0.105 e. The van der Waals surface area contributed by atoms with E-state index in [0.717, 1.165) is 11.1 Å². The summed E-state index contributed by atoms with van der Waals surface area (Å²) >= 11 is 1.56. The Morgan fingerprint density at radius 1 is 1.13 bits per heavy atom. The zero-order valence-corrected chi connectivity index (χ0v) is 8.74. The molecule has 0 saturated heterocycles. The van der Waals surface area contributed by atoms with Crippen LogP contribution in [0.3, 0.4) is 0 Å². The maximum absolute atomic E-state index is 9.97. The number of thiophene rings is 1. The lowest BCUT2D eigenvalue weighted by molar-refractivity contribution is 0.221. The standard InChI is InChI=1S/C12H9NOS/c13-7-9-1-3-10(4-2-9)12(14)11-5-6-15-8-11/h1-6,8,12,14H. The number of aliphatic hydroxyl groups excluding tert-OH is 1. The van der Waals surface area contributed by atoms with Crippen molar-refractivity contribution in [2.75, 3.05) is 0 Å². The van der Waals surface area contributed by atoms with Gasteiger partial charge in [-0.05, 0) is 40.1 Å². The Bertz CT molecular complexity index is 467. The molecule has 2 nitrogen and oxygen atoms in total. The van der Waals surface area contributed by atoms with Gasteiger partial charge >= 0.3 is 0 Å². The molecule has 0 aliphatic rings. The second-order valence-corrected chi connectivity index (χ2v) is 3.97. The highest BCUT2D eigenvalue weighted by molar-refractivity contribution is 7.07. The molecule has 0 bridgehead atoms. The molecule has 1 aromatic heterocycles. The molecule has 2 rings (SSSR count). The SMILES string of the molecule is N#Cc1ccc(C(O)c2ccsc2)cc1. The first-order valence-corrected chi connectivity index (χ1v) is 5.46. The Morgan fingerprint density at radius 2 is 1.87 bits per heavy atom. The van der Waals surface area contributed by atoms with E-state index in [1.165, 1.54) is 0 Å². The molecule has 0 amide bonds. The lowest BCUT2D eigenvalue weighted by Gasteiger charge is -2.08. The van der Waals surface area contributed by atoms with Crippen LogP contribution >= 0.6 is 11.3 Å². The van der Waals surface area contributed by atoms with E-state index in [1.54, 1.807) is 35.6 Å². The van der Waals surface area contributed by atoms with Crippen LogP contribution < -0.4 is 0 Å². The summed E-state index contributed by atoms with van der Waals surface area (Å²) < 4.78 is 0. The van der Waals surface area contributed by atoms with Crippen LogP contribution in [0.1, 0.15) is 22.8 Å². The Hall–Kier alpha value is -1.63. The van der Waals surface area contributed by atoms with E-state index >= 15 is 0 Å². The van der Waals surface area contributed by atoms with Gasteiger partial charge in [0.2, 0.25) is 0 Å². The van der Waals surface area contributed by atoms with Gasteiger partial charge < -0.3 is 5.11 Å². The summed E-state index contributed by atoms with van der Waals surface area (Å²) in [6.07, 6.45) is -0.594. The molecule has 1 atom stereocenters. The van der Waals surface area contributed by atoms with Gasteiger partial charge in [-0.2, -0.15) is 16.6 Å². The number of hydrogen-bond acceptors (Lipinski definition) is 3. The third-order valence-electron chi connectivity index (χ3n) is 2.21. The summed E-state index contributed by atoms with van der Waals surface area (Å²) in [6, 6.07) is 10.9. The molecule has 2 aromatic rings. The number of hydrogen-bond donors (Lipinski definition) is 1. The third-order valence-corrected chi connectivity index (χ3v) is 2.92. The van der Waals surface area contributed by atoms with Crippen LogP contribution in [0.2, 0.25) is 0 Å². The van der Waals surface area contributed by atoms with Crippen molar-refractivity contribution in [3.63, 3.8) is 0 Å². The molecule has 3 heteroatoms. The second-order valence-electron chi connectivity index (χ2n) is 3.19. The summed E-state index contributed by atoms with van der Waals surface area (Å²) in [6.45, 7) is 0. The fraction of sp³-hybridized carbons (Fsp3) is 0.0833. The molecule has 74 valence electrons. The lowest BCUT2D eigenvalue weighted by Crippen LogP contribution is -1.97. The summed E-state index contributed by atoms with van der Waals surface area (Å²) in [5.74, 6) is 0. The van der Waals surface area contributed by atoms with Gasteiger partial charge in [-0.15, -0.1) is 0 Å². The first-order chi connectivity index (χ1) is 7.31. The number of nitrogens with zero attached hydrogens (tertiary/aromatic N) is 1. The minimum Gasteiger partial charge on any atom is -0.384 e. The summed E-state index contributed by atoms with van der Waals surface area (Å²) in [5.41, 5.74) is 2.31. The monoisotopic (exact) mass is 215 g/mol. The molecule has 0 radical (unpaired) electrons. The molecular weight excluding hydrogens is 206 g/mol. The molecule has 0 saturated carbocycles. The van der Waals surface area contributed by atoms with Gasteiger partial charge in [-0.1, -0.05) is 12.1 Å². The van der Waals surface area contributed by atoms with Gasteiger partial charge in [0.25, 0.3) is 0 Å².